The van der Waals surface area contributed by atoms with Crippen molar-refractivity contribution in [2.75, 3.05) is 0 Å². The van der Waals surface area contributed by atoms with Crippen molar-refractivity contribution in [2.45, 2.75) is 6.42 Å². The van der Waals surface area contributed by atoms with Crippen LogP contribution in [0.25, 0.3) is 10.8 Å². The maximum Gasteiger partial charge on any atom is 0.107 e. The zero-order valence-electron chi connectivity index (χ0n) is 5.50. The molecule has 0 heterocycles. The third kappa shape index (κ3) is 2.30. The molecule has 0 aliphatic carbocycles. The van der Waals surface area contributed by atoms with Gasteiger partial charge >= 0.3 is 0 Å². The van der Waals surface area contributed by atoms with E-state index in [1.54, 1.807) is 11.9 Å². The number of rotatable bonds is 2. The number of nitrogens with zero attached hydrogens (tertiary/aromatic N) is 4. The van der Waals surface area contributed by atoms with E-state index in [1.807, 2.05) is 0 Å². The minimum atomic E-state index is -0.283. The second kappa shape index (κ2) is 4.73. The average Bonchev–Trinajstić information content (AvgIpc) is 2.05. The molecule has 0 saturated heterocycles. The molecule has 0 aromatic rings. The van der Waals surface area contributed by atoms with Crippen molar-refractivity contribution >= 4 is 11.7 Å². The standard InChI is InChI=1S/C7H2N4/c8-2-1-6(3-9)7(4-10)5-11/h1H2/q-2. The Hall–Kier alpha value is -2.12. The Morgan fingerprint density at radius 1 is 1.18 bits per heavy atom. The Balaban J connectivity index is 4.88. The van der Waals surface area contributed by atoms with Gasteiger partial charge in [0.2, 0.25) is 0 Å². The van der Waals surface area contributed by atoms with Gasteiger partial charge in [0.15, 0.2) is 0 Å². The molecule has 0 aromatic heterocycles. The van der Waals surface area contributed by atoms with Crippen LogP contribution in [0.1, 0.15) is 6.42 Å². The van der Waals surface area contributed by atoms with E-state index in [1.165, 1.54) is 11.9 Å². The van der Waals surface area contributed by atoms with E-state index in [9.17, 15) is 0 Å². The van der Waals surface area contributed by atoms with Gasteiger partial charge in [-0.25, -0.2) is 5.87 Å². The number of nitriles is 2. The third-order valence-corrected chi connectivity index (χ3v) is 0.916. The lowest BCUT2D eigenvalue weighted by Gasteiger charge is -1.96. The van der Waals surface area contributed by atoms with Crippen LogP contribution in [-0.4, -0.2) is 11.7 Å². The zero-order valence-corrected chi connectivity index (χ0v) is 5.50. The molecule has 0 N–H and O–H groups in total. The molecule has 0 amide bonds. The summed E-state index contributed by atoms with van der Waals surface area (Å²) in [6.45, 7) is 0. The predicted octanol–water partition coefficient (Wildman–Crippen LogP) is 0.755. The maximum atomic E-state index is 8.33. The minimum Gasteiger partial charge on any atom is -0.763 e. The van der Waals surface area contributed by atoms with Crippen LogP contribution >= 0.6 is 0 Å². The summed E-state index contributed by atoms with van der Waals surface area (Å²) in [6.07, 6.45) is -0.188. The summed E-state index contributed by atoms with van der Waals surface area (Å²) in [7, 11) is 0. The fourth-order valence-electron chi connectivity index (χ4n) is 0.423. The van der Waals surface area contributed by atoms with Crippen LogP contribution in [0.15, 0.2) is 11.1 Å². The fourth-order valence-corrected chi connectivity index (χ4v) is 0.423. The maximum absolute atomic E-state index is 8.33. The highest BCUT2D eigenvalue weighted by Crippen LogP contribution is 2.04. The summed E-state index contributed by atoms with van der Waals surface area (Å²) in [6, 6.07) is 3.22. The van der Waals surface area contributed by atoms with Gasteiger partial charge in [0.05, 0.1) is 18.1 Å². The summed E-state index contributed by atoms with van der Waals surface area (Å²) < 4.78 is 0. The zero-order chi connectivity index (χ0) is 8.69. The van der Waals surface area contributed by atoms with Gasteiger partial charge in [0.1, 0.15) is 6.07 Å². The molecular weight excluding hydrogens is 140 g/mol. The van der Waals surface area contributed by atoms with Gasteiger partial charge in [-0.2, -0.15) is 10.5 Å². The summed E-state index contributed by atoms with van der Waals surface area (Å²) >= 11 is 0. The van der Waals surface area contributed by atoms with Crippen molar-refractivity contribution in [2.24, 2.45) is 0 Å². The van der Waals surface area contributed by atoms with E-state index >= 15 is 0 Å². The van der Waals surface area contributed by atoms with Gasteiger partial charge in [-0.3, -0.25) is 5.87 Å². The molecule has 0 saturated carbocycles. The molecule has 0 aromatic carbocycles. The van der Waals surface area contributed by atoms with Crippen molar-refractivity contribution in [1.29, 1.82) is 10.5 Å². The topological polar surface area (TPSA) is 92.2 Å². The molecule has 0 atom stereocenters. The molecule has 0 bridgehead atoms. The molecule has 0 aliphatic heterocycles. The molecule has 0 spiro atoms. The molecule has 4 heteroatoms. The number of allylic oxidation sites excluding steroid dienone is 2. The van der Waals surface area contributed by atoms with Crippen LogP contribution < -0.4 is 0 Å². The normalized spacial score (nSPS) is 6.36. The minimum absolute atomic E-state index is 0.0718. The first-order valence-corrected chi connectivity index (χ1v) is 2.60. The smallest absolute Gasteiger partial charge is 0.107 e. The summed E-state index contributed by atoms with van der Waals surface area (Å²) in [5.41, 5.74) is -0.355. The molecule has 0 unspecified atom stereocenters. The number of hydrogen-bond acceptors (Lipinski definition) is 2. The van der Waals surface area contributed by atoms with Gasteiger partial charge in [-0.1, -0.05) is 0 Å². The van der Waals surface area contributed by atoms with Crippen LogP contribution in [0.3, 0.4) is 0 Å². The lowest BCUT2D eigenvalue weighted by molar-refractivity contribution is 1.28. The van der Waals surface area contributed by atoms with Gasteiger partial charge in [0, 0.05) is 5.57 Å². The summed E-state index contributed by atoms with van der Waals surface area (Å²) in [5, 5.41) is 33.0. The Morgan fingerprint density at radius 2 is 1.82 bits per heavy atom. The highest BCUT2D eigenvalue weighted by molar-refractivity contribution is 5.81. The van der Waals surface area contributed by atoms with E-state index in [0.29, 0.717) is 0 Å². The first-order valence-electron chi connectivity index (χ1n) is 2.60. The van der Waals surface area contributed by atoms with Gasteiger partial charge in [-0.05, 0) is 0 Å². The van der Waals surface area contributed by atoms with Crippen LogP contribution in [-0.2, 0) is 0 Å². The molecule has 0 radical (unpaired) electrons. The second-order valence-electron chi connectivity index (χ2n) is 1.52. The lowest BCUT2D eigenvalue weighted by Crippen LogP contribution is -1.86. The number of hydrogen-bond donors (Lipinski definition) is 0. The van der Waals surface area contributed by atoms with Crippen LogP contribution in [0.2, 0.25) is 0 Å². The van der Waals surface area contributed by atoms with E-state index in [2.05, 4.69) is 0 Å². The van der Waals surface area contributed by atoms with Crippen molar-refractivity contribution in [1.82, 2.24) is 0 Å². The largest absolute Gasteiger partial charge is 0.763 e. The molecule has 11 heavy (non-hydrogen) atoms. The van der Waals surface area contributed by atoms with Crippen LogP contribution in [0.4, 0.5) is 0 Å². The lowest BCUT2D eigenvalue weighted by atomic mass is 10.1. The monoisotopic (exact) mass is 142 g/mol. The molecule has 0 fully saturated rings. The van der Waals surface area contributed by atoms with E-state index < -0.39 is 0 Å². The quantitative estimate of drug-likeness (QED) is 0.323. The molecule has 4 nitrogen and oxygen atoms in total. The van der Waals surface area contributed by atoms with Gasteiger partial charge in [0.25, 0.3) is 0 Å². The molecule has 0 rings (SSSR count). The van der Waals surface area contributed by atoms with Gasteiger partial charge in [-0.15, -0.1) is 0 Å². The highest BCUT2D eigenvalue weighted by Gasteiger charge is 1.97. The van der Waals surface area contributed by atoms with E-state index in [4.69, 9.17) is 21.3 Å². The molecular formula is C7H2N4-2. The fraction of sp³-hybridized carbons (Fsp3) is 0.143. The van der Waals surface area contributed by atoms with E-state index in [0.717, 1.165) is 0 Å². The first-order chi connectivity index (χ1) is 5.29. The summed E-state index contributed by atoms with van der Waals surface area (Å²) in [4.78, 5) is 0. The second-order valence-corrected chi connectivity index (χ2v) is 1.52. The van der Waals surface area contributed by atoms with Crippen LogP contribution in [0, 0.1) is 22.7 Å². The third-order valence-electron chi connectivity index (χ3n) is 0.916. The Labute approximate surface area is 63.7 Å². The van der Waals surface area contributed by atoms with Crippen molar-refractivity contribution in [3.63, 3.8) is 0 Å². The molecule has 0 aliphatic rings. The van der Waals surface area contributed by atoms with Crippen LogP contribution in [0.5, 0.6) is 0 Å². The highest BCUT2D eigenvalue weighted by atomic mass is 14.3. The Kier molecular flexibility index (Phi) is 3.82. The average molecular weight is 142 g/mol. The van der Waals surface area contributed by atoms with Crippen molar-refractivity contribution in [3.05, 3.63) is 22.0 Å². The molecule has 52 valence electrons. The summed E-state index contributed by atoms with van der Waals surface area (Å²) in [5.74, 6) is 3.15. The Morgan fingerprint density at radius 3 is 2.09 bits per heavy atom. The van der Waals surface area contributed by atoms with Crippen molar-refractivity contribution in [3.8, 4) is 12.1 Å². The van der Waals surface area contributed by atoms with Crippen molar-refractivity contribution < 1.29 is 0 Å². The van der Waals surface area contributed by atoms with E-state index in [-0.39, 0.29) is 17.6 Å². The predicted molar refractivity (Wildman–Crippen MR) is 39.6 cm³/mol. The Bertz CT molecular complexity index is 326. The first kappa shape index (κ1) is 8.88. The van der Waals surface area contributed by atoms with Gasteiger partial charge < -0.3 is 10.8 Å². The SMILES string of the molecule is N#CCC(=C=[N-])C(=C=[N-])C#N.